The summed E-state index contributed by atoms with van der Waals surface area (Å²) in [6.45, 7) is 4.31. The molecule has 6 nitrogen and oxygen atoms in total. The molecule has 0 aliphatic carbocycles. The number of aromatic carboxylic acids is 1. The summed E-state index contributed by atoms with van der Waals surface area (Å²) < 4.78 is 10.1. The minimum atomic E-state index is -1.20. The molecule has 1 aromatic rings. The molecule has 18 heavy (non-hydrogen) atoms. The van der Waals surface area contributed by atoms with Crippen LogP contribution < -0.4 is 5.32 Å². The largest absolute Gasteiger partial charge is 0.475 e. The first-order chi connectivity index (χ1) is 8.45. The van der Waals surface area contributed by atoms with E-state index in [-0.39, 0.29) is 23.5 Å². The van der Waals surface area contributed by atoms with Gasteiger partial charge < -0.3 is 19.6 Å². The third kappa shape index (κ3) is 3.59. The third-order valence-corrected chi connectivity index (χ3v) is 2.55. The summed E-state index contributed by atoms with van der Waals surface area (Å²) in [6, 6.07) is 2.57. The Labute approximate surface area is 105 Å². The predicted molar refractivity (Wildman–Crippen MR) is 63.6 cm³/mol. The van der Waals surface area contributed by atoms with E-state index in [9.17, 15) is 9.59 Å². The molecule has 1 aromatic heterocycles. The van der Waals surface area contributed by atoms with E-state index in [0.29, 0.717) is 6.54 Å². The number of rotatable bonds is 6. The molecular weight excluding hydrogens is 238 g/mol. The first-order valence-electron chi connectivity index (χ1n) is 5.59. The molecule has 0 bridgehead atoms. The standard InChI is InChI=1S/C12H17NO5/c1-7(2)10(17-3)6-13-11(14)8-4-5-9(18-8)12(15)16/h4-5,7,10H,6H2,1-3H3,(H,13,14)(H,15,16). The molecule has 0 saturated heterocycles. The molecular formula is C12H17NO5. The highest BCUT2D eigenvalue weighted by atomic mass is 16.5. The van der Waals surface area contributed by atoms with Crippen LogP contribution in [0.2, 0.25) is 0 Å². The topological polar surface area (TPSA) is 88.8 Å². The number of carbonyl (C=O) groups is 2. The van der Waals surface area contributed by atoms with E-state index in [1.54, 1.807) is 7.11 Å². The Hall–Kier alpha value is -1.82. The second-order valence-corrected chi connectivity index (χ2v) is 4.20. The molecule has 0 radical (unpaired) electrons. The van der Waals surface area contributed by atoms with Crippen LogP contribution in [0.25, 0.3) is 0 Å². The Morgan fingerprint density at radius 1 is 1.39 bits per heavy atom. The third-order valence-electron chi connectivity index (χ3n) is 2.55. The number of carboxylic acids is 1. The Morgan fingerprint density at radius 2 is 2.00 bits per heavy atom. The number of hydrogen-bond donors (Lipinski definition) is 2. The molecule has 6 heteroatoms. The van der Waals surface area contributed by atoms with Crippen molar-refractivity contribution in [2.45, 2.75) is 20.0 Å². The van der Waals surface area contributed by atoms with Gasteiger partial charge in [-0.3, -0.25) is 4.79 Å². The van der Waals surface area contributed by atoms with Crippen LogP contribution in [-0.4, -0.2) is 36.7 Å². The first-order valence-corrected chi connectivity index (χ1v) is 5.59. The van der Waals surface area contributed by atoms with Crippen molar-refractivity contribution >= 4 is 11.9 Å². The van der Waals surface area contributed by atoms with Gasteiger partial charge in [0.15, 0.2) is 5.76 Å². The number of ether oxygens (including phenoxy) is 1. The quantitative estimate of drug-likeness (QED) is 0.801. The van der Waals surface area contributed by atoms with E-state index in [2.05, 4.69) is 5.32 Å². The first kappa shape index (κ1) is 14.2. The van der Waals surface area contributed by atoms with E-state index < -0.39 is 11.9 Å². The fraction of sp³-hybridized carbons (Fsp3) is 0.500. The maximum Gasteiger partial charge on any atom is 0.371 e. The summed E-state index contributed by atoms with van der Waals surface area (Å²) in [6.07, 6.45) is -0.0946. The Kier molecular flexibility index (Phi) is 4.91. The second kappa shape index (κ2) is 6.20. The lowest BCUT2D eigenvalue weighted by molar-refractivity contribution is 0.0593. The Bertz CT molecular complexity index is 424. The fourth-order valence-electron chi connectivity index (χ4n) is 1.45. The molecule has 0 aliphatic heterocycles. The van der Waals surface area contributed by atoms with Gasteiger partial charge in [0.05, 0.1) is 6.10 Å². The van der Waals surface area contributed by atoms with Gasteiger partial charge in [0.25, 0.3) is 5.91 Å². The van der Waals surface area contributed by atoms with Crippen molar-refractivity contribution in [3.8, 4) is 0 Å². The molecule has 0 aliphatic rings. The van der Waals surface area contributed by atoms with Crippen LogP contribution >= 0.6 is 0 Å². The summed E-state index contributed by atoms with van der Waals surface area (Å²) >= 11 is 0. The fourth-order valence-corrected chi connectivity index (χ4v) is 1.45. The molecule has 1 atom stereocenters. The average molecular weight is 255 g/mol. The average Bonchev–Trinajstić information content (AvgIpc) is 2.78. The molecule has 1 amide bonds. The summed E-state index contributed by atoms with van der Waals surface area (Å²) in [5, 5.41) is 11.3. The smallest absolute Gasteiger partial charge is 0.371 e. The van der Waals surface area contributed by atoms with Gasteiger partial charge in [0.2, 0.25) is 5.76 Å². The van der Waals surface area contributed by atoms with E-state index in [0.717, 1.165) is 0 Å². The van der Waals surface area contributed by atoms with E-state index in [1.807, 2.05) is 13.8 Å². The normalized spacial score (nSPS) is 12.4. The van der Waals surface area contributed by atoms with Gasteiger partial charge in [-0.05, 0) is 18.1 Å². The zero-order chi connectivity index (χ0) is 13.7. The van der Waals surface area contributed by atoms with E-state index in [1.165, 1.54) is 12.1 Å². The van der Waals surface area contributed by atoms with Gasteiger partial charge in [0, 0.05) is 13.7 Å². The summed E-state index contributed by atoms with van der Waals surface area (Å²) in [7, 11) is 1.58. The lowest BCUT2D eigenvalue weighted by Crippen LogP contribution is -2.35. The number of methoxy groups -OCH3 is 1. The lowest BCUT2D eigenvalue weighted by Gasteiger charge is -2.19. The summed E-state index contributed by atoms with van der Waals surface area (Å²) in [4.78, 5) is 22.3. The molecule has 2 N–H and O–H groups in total. The van der Waals surface area contributed by atoms with Gasteiger partial charge in [-0.2, -0.15) is 0 Å². The number of carbonyl (C=O) groups excluding carboxylic acids is 1. The van der Waals surface area contributed by atoms with Crippen molar-refractivity contribution in [2.24, 2.45) is 5.92 Å². The van der Waals surface area contributed by atoms with Crippen molar-refractivity contribution in [3.05, 3.63) is 23.7 Å². The molecule has 1 rings (SSSR count). The SMILES string of the molecule is COC(CNC(=O)c1ccc(C(=O)O)o1)C(C)C. The van der Waals surface area contributed by atoms with Gasteiger partial charge in [0.1, 0.15) is 0 Å². The van der Waals surface area contributed by atoms with Crippen molar-refractivity contribution < 1.29 is 23.8 Å². The zero-order valence-electron chi connectivity index (χ0n) is 10.6. The van der Waals surface area contributed by atoms with Crippen molar-refractivity contribution in [1.82, 2.24) is 5.32 Å². The monoisotopic (exact) mass is 255 g/mol. The van der Waals surface area contributed by atoms with Crippen LogP contribution in [0.4, 0.5) is 0 Å². The van der Waals surface area contributed by atoms with E-state index in [4.69, 9.17) is 14.3 Å². The molecule has 0 fully saturated rings. The van der Waals surface area contributed by atoms with Gasteiger partial charge in [-0.15, -0.1) is 0 Å². The highest BCUT2D eigenvalue weighted by Crippen LogP contribution is 2.08. The second-order valence-electron chi connectivity index (χ2n) is 4.20. The van der Waals surface area contributed by atoms with Crippen molar-refractivity contribution in [3.63, 3.8) is 0 Å². The number of furan rings is 1. The number of carboxylic acid groups (broad SMARTS) is 1. The van der Waals surface area contributed by atoms with Crippen molar-refractivity contribution in [1.29, 1.82) is 0 Å². The molecule has 0 aromatic carbocycles. The van der Waals surface area contributed by atoms with Gasteiger partial charge >= 0.3 is 5.97 Å². The van der Waals surface area contributed by atoms with Crippen LogP contribution in [0.5, 0.6) is 0 Å². The Morgan fingerprint density at radius 3 is 2.44 bits per heavy atom. The van der Waals surface area contributed by atoms with Crippen LogP contribution in [0, 0.1) is 5.92 Å². The number of amides is 1. The minimum absolute atomic E-state index is 0.0222. The van der Waals surface area contributed by atoms with Crippen LogP contribution in [0.15, 0.2) is 16.5 Å². The van der Waals surface area contributed by atoms with Crippen LogP contribution in [-0.2, 0) is 4.74 Å². The van der Waals surface area contributed by atoms with Gasteiger partial charge in [-0.25, -0.2) is 4.79 Å². The Balaban J connectivity index is 2.57. The summed E-state index contributed by atoms with van der Waals surface area (Å²) in [5.41, 5.74) is 0. The predicted octanol–water partition coefficient (Wildman–Crippen LogP) is 1.38. The maximum absolute atomic E-state index is 11.7. The minimum Gasteiger partial charge on any atom is -0.475 e. The molecule has 0 spiro atoms. The molecule has 1 heterocycles. The number of nitrogens with one attached hydrogen (secondary N) is 1. The van der Waals surface area contributed by atoms with Crippen LogP contribution in [0.3, 0.4) is 0 Å². The highest BCUT2D eigenvalue weighted by molar-refractivity contribution is 5.93. The van der Waals surface area contributed by atoms with Crippen molar-refractivity contribution in [2.75, 3.05) is 13.7 Å². The highest BCUT2D eigenvalue weighted by Gasteiger charge is 2.17. The van der Waals surface area contributed by atoms with E-state index >= 15 is 0 Å². The van der Waals surface area contributed by atoms with Crippen LogP contribution in [0.1, 0.15) is 35.0 Å². The summed E-state index contributed by atoms with van der Waals surface area (Å²) in [5.74, 6) is -1.67. The molecule has 0 saturated carbocycles. The van der Waals surface area contributed by atoms with Gasteiger partial charge in [-0.1, -0.05) is 13.8 Å². The molecule has 100 valence electrons. The zero-order valence-corrected chi connectivity index (χ0v) is 10.6. The lowest BCUT2D eigenvalue weighted by atomic mass is 10.1. The maximum atomic E-state index is 11.7. The molecule has 1 unspecified atom stereocenters. The number of hydrogen-bond acceptors (Lipinski definition) is 4.